The molecule has 0 aliphatic heterocycles. The highest BCUT2D eigenvalue weighted by Gasteiger charge is 2.17. The molecular formula is C22H21ClFN3O3. The molecule has 2 aromatic carbocycles. The molecule has 0 unspecified atom stereocenters. The monoisotopic (exact) mass is 429 g/mol. The molecule has 1 heterocycles. The molecule has 0 N–H and O–H groups in total. The van der Waals surface area contributed by atoms with E-state index in [2.05, 4.69) is 5.10 Å². The lowest BCUT2D eigenvalue weighted by Gasteiger charge is -2.20. The molecule has 0 aliphatic rings. The van der Waals surface area contributed by atoms with Crippen molar-refractivity contribution in [3.05, 3.63) is 88.5 Å². The molecule has 6 nitrogen and oxygen atoms in total. The predicted octanol–water partition coefficient (Wildman–Crippen LogP) is 3.93. The zero-order valence-corrected chi connectivity index (χ0v) is 17.2. The van der Waals surface area contributed by atoms with Gasteiger partial charge in [0.05, 0.1) is 18.3 Å². The first kappa shape index (κ1) is 21.5. The van der Waals surface area contributed by atoms with Crippen LogP contribution in [0.5, 0.6) is 0 Å². The smallest absolute Gasteiger partial charge is 0.341 e. The fraction of sp³-hybridized carbons (Fsp3) is 0.227. The van der Waals surface area contributed by atoms with E-state index < -0.39 is 12.6 Å². The fourth-order valence-electron chi connectivity index (χ4n) is 2.89. The van der Waals surface area contributed by atoms with Gasteiger partial charge in [-0.3, -0.25) is 9.48 Å². The van der Waals surface area contributed by atoms with E-state index >= 15 is 0 Å². The van der Waals surface area contributed by atoms with Gasteiger partial charge < -0.3 is 9.64 Å². The molecule has 0 saturated heterocycles. The van der Waals surface area contributed by atoms with Crippen LogP contribution < -0.4 is 0 Å². The van der Waals surface area contributed by atoms with Crippen molar-refractivity contribution in [1.29, 1.82) is 0 Å². The van der Waals surface area contributed by atoms with Crippen LogP contribution in [0.2, 0.25) is 5.02 Å². The van der Waals surface area contributed by atoms with Crippen molar-refractivity contribution in [2.75, 3.05) is 13.2 Å². The highest BCUT2D eigenvalue weighted by atomic mass is 35.5. The molecule has 0 bridgehead atoms. The Balaban J connectivity index is 1.55. The van der Waals surface area contributed by atoms with Gasteiger partial charge in [0.1, 0.15) is 5.82 Å². The summed E-state index contributed by atoms with van der Waals surface area (Å²) < 4.78 is 20.0. The lowest BCUT2D eigenvalue weighted by molar-refractivity contribution is -0.134. The van der Waals surface area contributed by atoms with Crippen LogP contribution in [0, 0.1) is 5.82 Å². The SMILES string of the molecule is CCN(Cc1cccc(F)c1)C(=O)COC(=O)c1cnn(Cc2ccccc2Cl)c1. The zero-order chi connectivity index (χ0) is 21.5. The van der Waals surface area contributed by atoms with Crippen molar-refractivity contribution in [3.63, 3.8) is 0 Å². The van der Waals surface area contributed by atoms with Crippen LogP contribution in [-0.4, -0.2) is 39.7 Å². The topological polar surface area (TPSA) is 64.4 Å². The summed E-state index contributed by atoms with van der Waals surface area (Å²) in [6.45, 7) is 2.45. The van der Waals surface area contributed by atoms with Gasteiger partial charge in [-0.05, 0) is 36.2 Å². The Kier molecular flexibility index (Phi) is 7.19. The molecule has 156 valence electrons. The van der Waals surface area contributed by atoms with Crippen molar-refractivity contribution in [1.82, 2.24) is 14.7 Å². The minimum absolute atomic E-state index is 0.237. The van der Waals surface area contributed by atoms with E-state index in [-0.39, 0.29) is 23.8 Å². The number of rotatable bonds is 8. The highest BCUT2D eigenvalue weighted by molar-refractivity contribution is 6.31. The third kappa shape index (κ3) is 5.67. The molecule has 1 aromatic heterocycles. The zero-order valence-electron chi connectivity index (χ0n) is 16.4. The number of likely N-dealkylation sites (N-methyl/N-ethyl adjacent to an activating group) is 1. The molecule has 0 radical (unpaired) electrons. The van der Waals surface area contributed by atoms with Crippen LogP contribution in [0.15, 0.2) is 60.9 Å². The number of halogens is 2. The largest absolute Gasteiger partial charge is 0.452 e. The Morgan fingerprint density at radius 3 is 2.73 bits per heavy atom. The number of carbonyl (C=O) groups is 2. The second kappa shape index (κ2) is 10.0. The van der Waals surface area contributed by atoms with Crippen LogP contribution >= 0.6 is 11.6 Å². The number of esters is 1. The van der Waals surface area contributed by atoms with Crippen LogP contribution in [0.4, 0.5) is 4.39 Å². The van der Waals surface area contributed by atoms with Gasteiger partial charge in [-0.1, -0.05) is 41.9 Å². The molecule has 8 heteroatoms. The van der Waals surface area contributed by atoms with Crippen LogP contribution in [0.25, 0.3) is 0 Å². The van der Waals surface area contributed by atoms with E-state index in [9.17, 15) is 14.0 Å². The Hall–Kier alpha value is -3.19. The number of amides is 1. The molecule has 30 heavy (non-hydrogen) atoms. The van der Waals surface area contributed by atoms with Crippen LogP contribution in [-0.2, 0) is 22.6 Å². The minimum atomic E-state index is -0.643. The van der Waals surface area contributed by atoms with E-state index in [0.29, 0.717) is 23.7 Å². The molecule has 3 aromatic rings. The Labute approximate surface area is 178 Å². The molecule has 0 fully saturated rings. The maximum atomic E-state index is 13.3. The molecule has 3 rings (SSSR count). The molecular weight excluding hydrogens is 409 g/mol. The third-order valence-corrected chi connectivity index (χ3v) is 4.85. The summed E-state index contributed by atoms with van der Waals surface area (Å²) in [5.74, 6) is -1.37. The van der Waals surface area contributed by atoms with Gasteiger partial charge in [-0.15, -0.1) is 0 Å². The molecule has 0 saturated carbocycles. The van der Waals surface area contributed by atoms with Crippen molar-refractivity contribution in [2.45, 2.75) is 20.0 Å². The van der Waals surface area contributed by atoms with Crippen molar-refractivity contribution < 1.29 is 18.7 Å². The maximum absolute atomic E-state index is 13.3. The van der Waals surface area contributed by atoms with Gasteiger partial charge in [0, 0.05) is 24.3 Å². The predicted molar refractivity (Wildman–Crippen MR) is 111 cm³/mol. The summed E-state index contributed by atoms with van der Waals surface area (Å²) in [5.41, 5.74) is 1.77. The normalized spacial score (nSPS) is 10.6. The lowest BCUT2D eigenvalue weighted by Crippen LogP contribution is -2.34. The second-order valence-electron chi connectivity index (χ2n) is 6.63. The average molecular weight is 430 g/mol. The van der Waals surface area contributed by atoms with E-state index in [0.717, 1.165) is 5.56 Å². The highest BCUT2D eigenvalue weighted by Crippen LogP contribution is 2.16. The standard InChI is InChI=1S/C22H21ClFN3O3/c1-2-26(12-16-6-5-8-19(24)10-16)21(28)15-30-22(29)18-11-25-27(14-18)13-17-7-3-4-9-20(17)23/h3-11,14H,2,12-13,15H2,1H3. The number of benzene rings is 2. The minimum Gasteiger partial charge on any atom is -0.452 e. The molecule has 1 amide bonds. The number of aromatic nitrogens is 2. The maximum Gasteiger partial charge on any atom is 0.341 e. The van der Waals surface area contributed by atoms with E-state index in [1.54, 1.807) is 36.0 Å². The summed E-state index contributed by atoms with van der Waals surface area (Å²) in [5, 5.41) is 4.75. The average Bonchev–Trinajstić information content (AvgIpc) is 3.20. The molecule has 0 aliphatic carbocycles. The van der Waals surface area contributed by atoms with E-state index in [4.69, 9.17) is 16.3 Å². The summed E-state index contributed by atoms with van der Waals surface area (Å²) in [4.78, 5) is 26.2. The number of carbonyl (C=O) groups excluding carboxylic acids is 2. The Morgan fingerprint density at radius 1 is 1.20 bits per heavy atom. The van der Waals surface area contributed by atoms with Crippen molar-refractivity contribution in [3.8, 4) is 0 Å². The van der Waals surface area contributed by atoms with Gasteiger partial charge >= 0.3 is 5.97 Å². The number of ether oxygens (including phenoxy) is 1. The number of hydrogen-bond donors (Lipinski definition) is 0. The van der Waals surface area contributed by atoms with Gasteiger partial charge in [-0.2, -0.15) is 5.10 Å². The van der Waals surface area contributed by atoms with Gasteiger partial charge in [0.15, 0.2) is 6.61 Å². The lowest BCUT2D eigenvalue weighted by atomic mass is 10.2. The van der Waals surface area contributed by atoms with E-state index in [1.165, 1.54) is 23.2 Å². The summed E-state index contributed by atoms with van der Waals surface area (Å²) in [6.07, 6.45) is 2.93. The summed E-state index contributed by atoms with van der Waals surface area (Å²) in [7, 11) is 0. The third-order valence-electron chi connectivity index (χ3n) is 4.48. The second-order valence-corrected chi connectivity index (χ2v) is 7.04. The van der Waals surface area contributed by atoms with Crippen molar-refractivity contribution >= 4 is 23.5 Å². The van der Waals surface area contributed by atoms with Crippen LogP contribution in [0.1, 0.15) is 28.4 Å². The van der Waals surface area contributed by atoms with Gasteiger partial charge in [0.2, 0.25) is 0 Å². The first-order valence-electron chi connectivity index (χ1n) is 9.41. The van der Waals surface area contributed by atoms with Gasteiger partial charge in [0.25, 0.3) is 5.91 Å². The van der Waals surface area contributed by atoms with Gasteiger partial charge in [-0.25, -0.2) is 9.18 Å². The van der Waals surface area contributed by atoms with Crippen molar-refractivity contribution in [2.24, 2.45) is 0 Å². The number of hydrogen-bond acceptors (Lipinski definition) is 4. The Bertz CT molecular complexity index is 1040. The molecule has 0 spiro atoms. The van der Waals surface area contributed by atoms with E-state index in [1.807, 2.05) is 18.2 Å². The first-order valence-corrected chi connectivity index (χ1v) is 9.79. The Morgan fingerprint density at radius 2 is 2.00 bits per heavy atom. The summed E-state index contributed by atoms with van der Waals surface area (Å²) >= 11 is 6.14. The summed E-state index contributed by atoms with van der Waals surface area (Å²) in [6, 6.07) is 13.4. The quantitative estimate of drug-likeness (QED) is 0.509. The fourth-order valence-corrected chi connectivity index (χ4v) is 3.09. The van der Waals surface area contributed by atoms with Crippen LogP contribution in [0.3, 0.4) is 0 Å². The first-order chi connectivity index (χ1) is 14.5. The number of nitrogens with zero attached hydrogens (tertiary/aromatic N) is 3. The molecule has 0 atom stereocenters.